The highest BCUT2D eigenvalue weighted by atomic mass is 15.2. The van der Waals surface area contributed by atoms with E-state index in [4.69, 9.17) is 0 Å². The van der Waals surface area contributed by atoms with Gasteiger partial charge < -0.3 is 5.32 Å². The molecule has 1 N–H and O–H groups in total. The van der Waals surface area contributed by atoms with E-state index in [1.165, 1.54) is 0 Å². The zero-order valence-corrected chi connectivity index (χ0v) is 11.6. The highest BCUT2D eigenvalue weighted by molar-refractivity contribution is 5.44. The lowest BCUT2D eigenvalue weighted by atomic mass is 10.0. The third-order valence-corrected chi connectivity index (χ3v) is 3.19. The van der Waals surface area contributed by atoms with E-state index < -0.39 is 0 Å². The van der Waals surface area contributed by atoms with Gasteiger partial charge in [0.15, 0.2) is 0 Å². The summed E-state index contributed by atoms with van der Waals surface area (Å²) < 4.78 is 2.10. The van der Waals surface area contributed by atoms with E-state index in [2.05, 4.69) is 54.0 Å². The average Bonchev–Trinajstić information content (AvgIpc) is 2.70. The molecule has 1 aromatic carbocycles. The van der Waals surface area contributed by atoms with E-state index in [0.717, 1.165) is 23.8 Å². The summed E-state index contributed by atoms with van der Waals surface area (Å²) in [6.07, 6.45) is 3.11. The average molecular weight is 243 g/mol. The molecule has 0 aliphatic heterocycles. The minimum absolute atomic E-state index is 0.0460. The van der Waals surface area contributed by atoms with Gasteiger partial charge in [-0.25, -0.2) is 4.98 Å². The van der Waals surface area contributed by atoms with Gasteiger partial charge in [0.25, 0.3) is 0 Å². The van der Waals surface area contributed by atoms with E-state index >= 15 is 0 Å². The zero-order chi connectivity index (χ0) is 13.2. The summed E-state index contributed by atoms with van der Waals surface area (Å²) in [5, 5.41) is 3.51. The van der Waals surface area contributed by atoms with Crippen LogP contribution in [0.15, 0.2) is 36.5 Å². The lowest BCUT2D eigenvalue weighted by Gasteiger charge is -2.25. The topological polar surface area (TPSA) is 29.9 Å². The number of anilines is 1. The summed E-state index contributed by atoms with van der Waals surface area (Å²) in [6.45, 7) is 8.57. The predicted molar refractivity (Wildman–Crippen MR) is 76.3 cm³/mol. The van der Waals surface area contributed by atoms with E-state index in [1.54, 1.807) is 0 Å². The number of nitrogens with one attached hydrogen (secondary N) is 1. The molecule has 0 aliphatic carbocycles. The van der Waals surface area contributed by atoms with Crippen molar-refractivity contribution in [1.29, 1.82) is 0 Å². The number of hydrogen-bond donors (Lipinski definition) is 1. The Morgan fingerprint density at radius 3 is 2.50 bits per heavy atom. The molecule has 0 radical (unpaired) electrons. The highest BCUT2D eigenvalue weighted by Gasteiger charge is 2.18. The number of aromatic nitrogens is 2. The Morgan fingerprint density at radius 2 is 1.89 bits per heavy atom. The van der Waals surface area contributed by atoms with Crippen LogP contribution in [0.4, 0.5) is 5.95 Å². The SMILES string of the molecule is CCC(C)(C)Nc1nc(C)cn1-c1ccccc1. The summed E-state index contributed by atoms with van der Waals surface area (Å²) >= 11 is 0. The van der Waals surface area contributed by atoms with Gasteiger partial charge in [0.05, 0.1) is 5.69 Å². The van der Waals surface area contributed by atoms with Gasteiger partial charge in [-0.15, -0.1) is 0 Å². The smallest absolute Gasteiger partial charge is 0.208 e. The number of hydrogen-bond acceptors (Lipinski definition) is 2. The van der Waals surface area contributed by atoms with Crippen molar-refractivity contribution in [2.24, 2.45) is 0 Å². The lowest BCUT2D eigenvalue weighted by molar-refractivity contribution is 0.541. The number of nitrogens with zero attached hydrogens (tertiary/aromatic N) is 2. The molecule has 3 nitrogen and oxygen atoms in total. The standard InChI is InChI=1S/C15H21N3/c1-5-15(3,4)17-14-16-12(2)11-18(14)13-9-7-6-8-10-13/h6-11H,5H2,1-4H3,(H,16,17). The number of imidazole rings is 1. The molecule has 0 amide bonds. The third-order valence-electron chi connectivity index (χ3n) is 3.19. The maximum atomic E-state index is 4.57. The number of rotatable bonds is 4. The Labute approximate surface area is 109 Å². The Hall–Kier alpha value is -1.77. The fourth-order valence-electron chi connectivity index (χ4n) is 1.76. The lowest BCUT2D eigenvalue weighted by Crippen LogP contribution is -2.31. The molecule has 0 spiro atoms. The Balaban J connectivity index is 2.38. The quantitative estimate of drug-likeness (QED) is 0.885. The predicted octanol–water partition coefficient (Wildman–Crippen LogP) is 3.78. The van der Waals surface area contributed by atoms with E-state index in [0.29, 0.717) is 0 Å². The van der Waals surface area contributed by atoms with Crippen molar-refractivity contribution in [3.63, 3.8) is 0 Å². The molecule has 2 aromatic rings. The number of aryl methyl sites for hydroxylation is 1. The fourth-order valence-corrected chi connectivity index (χ4v) is 1.76. The largest absolute Gasteiger partial charge is 0.350 e. The molecule has 0 atom stereocenters. The monoisotopic (exact) mass is 243 g/mol. The first kappa shape index (κ1) is 12.7. The first-order valence-electron chi connectivity index (χ1n) is 6.41. The second-order valence-corrected chi connectivity index (χ2v) is 5.27. The molecule has 2 rings (SSSR count). The Morgan fingerprint density at radius 1 is 1.22 bits per heavy atom. The molecule has 1 aromatic heterocycles. The molecule has 18 heavy (non-hydrogen) atoms. The van der Waals surface area contributed by atoms with Crippen molar-refractivity contribution in [3.05, 3.63) is 42.2 Å². The van der Waals surface area contributed by atoms with Crippen LogP contribution in [0.25, 0.3) is 5.69 Å². The summed E-state index contributed by atoms with van der Waals surface area (Å²) in [5.41, 5.74) is 2.20. The van der Waals surface area contributed by atoms with Crippen molar-refractivity contribution in [3.8, 4) is 5.69 Å². The van der Waals surface area contributed by atoms with Crippen molar-refractivity contribution < 1.29 is 0 Å². The van der Waals surface area contributed by atoms with Crippen LogP contribution in [0.1, 0.15) is 32.9 Å². The van der Waals surface area contributed by atoms with Gasteiger partial charge in [0.2, 0.25) is 5.95 Å². The fraction of sp³-hybridized carbons (Fsp3) is 0.400. The first-order valence-corrected chi connectivity index (χ1v) is 6.41. The summed E-state index contributed by atoms with van der Waals surface area (Å²) in [5.74, 6) is 0.908. The molecular formula is C15H21N3. The minimum Gasteiger partial charge on any atom is -0.350 e. The van der Waals surface area contributed by atoms with Crippen LogP contribution < -0.4 is 5.32 Å². The van der Waals surface area contributed by atoms with Crippen LogP contribution in [0.3, 0.4) is 0 Å². The van der Waals surface area contributed by atoms with Crippen LogP contribution in [0, 0.1) is 6.92 Å². The van der Waals surface area contributed by atoms with Crippen LogP contribution >= 0.6 is 0 Å². The zero-order valence-electron chi connectivity index (χ0n) is 11.6. The number of para-hydroxylation sites is 1. The van der Waals surface area contributed by atoms with Crippen LogP contribution in [0.5, 0.6) is 0 Å². The van der Waals surface area contributed by atoms with Gasteiger partial charge in [-0.05, 0) is 39.3 Å². The minimum atomic E-state index is 0.0460. The highest BCUT2D eigenvalue weighted by Crippen LogP contribution is 2.21. The van der Waals surface area contributed by atoms with Gasteiger partial charge in [0.1, 0.15) is 0 Å². The van der Waals surface area contributed by atoms with Gasteiger partial charge in [-0.1, -0.05) is 25.1 Å². The summed E-state index contributed by atoms with van der Waals surface area (Å²) in [4.78, 5) is 4.57. The molecule has 3 heteroatoms. The molecular weight excluding hydrogens is 222 g/mol. The van der Waals surface area contributed by atoms with Crippen molar-refractivity contribution in [2.75, 3.05) is 5.32 Å². The Bertz CT molecular complexity index is 512. The van der Waals surface area contributed by atoms with E-state index in [-0.39, 0.29) is 5.54 Å². The molecule has 0 saturated carbocycles. The Kier molecular flexibility index (Phi) is 3.41. The molecule has 0 aliphatic rings. The van der Waals surface area contributed by atoms with Crippen molar-refractivity contribution >= 4 is 5.95 Å². The number of benzene rings is 1. The molecule has 0 fully saturated rings. The van der Waals surface area contributed by atoms with E-state index in [1.807, 2.05) is 25.1 Å². The molecule has 0 bridgehead atoms. The molecule has 1 heterocycles. The molecule has 96 valence electrons. The normalized spacial score (nSPS) is 11.6. The summed E-state index contributed by atoms with van der Waals surface area (Å²) in [6, 6.07) is 10.3. The van der Waals surface area contributed by atoms with Gasteiger partial charge in [-0.2, -0.15) is 0 Å². The maximum Gasteiger partial charge on any atom is 0.208 e. The van der Waals surface area contributed by atoms with E-state index in [9.17, 15) is 0 Å². The third kappa shape index (κ3) is 2.73. The molecule has 0 saturated heterocycles. The van der Waals surface area contributed by atoms with Crippen molar-refractivity contribution in [1.82, 2.24) is 9.55 Å². The first-order chi connectivity index (χ1) is 8.52. The van der Waals surface area contributed by atoms with Crippen molar-refractivity contribution in [2.45, 2.75) is 39.7 Å². The maximum absolute atomic E-state index is 4.57. The second-order valence-electron chi connectivity index (χ2n) is 5.27. The van der Waals surface area contributed by atoms with Crippen LogP contribution in [-0.2, 0) is 0 Å². The second kappa shape index (κ2) is 4.84. The van der Waals surface area contributed by atoms with Gasteiger partial charge in [0, 0.05) is 17.4 Å². The molecule has 0 unspecified atom stereocenters. The van der Waals surface area contributed by atoms with Crippen LogP contribution in [0.2, 0.25) is 0 Å². The van der Waals surface area contributed by atoms with Crippen LogP contribution in [-0.4, -0.2) is 15.1 Å². The van der Waals surface area contributed by atoms with Gasteiger partial charge in [-0.3, -0.25) is 4.57 Å². The van der Waals surface area contributed by atoms with Gasteiger partial charge >= 0.3 is 0 Å². The summed E-state index contributed by atoms with van der Waals surface area (Å²) in [7, 11) is 0.